The summed E-state index contributed by atoms with van der Waals surface area (Å²) in [6.07, 6.45) is -0.455. The van der Waals surface area contributed by atoms with E-state index in [1.807, 2.05) is 0 Å². The van der Waals surface area contributed by atoms with Gasteiger partial charge in [0.05, 0.1) is 5.56 Å². The summed E-state index contributed by atoms with van der Waals surface area (Å²) in [5.74, 6) is -1.04. The van der Waals surface area contributed by atoms with Crippen molar-refractivity contribution < 1.29 is 28.2 Å². The number of carbonyl (C=O) groups is 1. The van der Waals surface area contributed by atoms with Crippen LogP contribution in [0.15, 0.2) is 36.7 Å². The molecule has 1 saturated heterocycles. The fourth-order valence-electron chi connectivity index (χ4n) is 3.60. The Kier molecular flexibility index (Phi) is 5.36. The first kappa shape index (κ1) is 20.8. The van der Waals surface area contributed by atoms with E-state index in [-0.39, 0.29) is 17.3 Å². The largest absolute Gasteiger partial charge is 0.507 e. The highest BCUT2D eigenvalue weighted by molar-refractivity contribution is 6.00. The molecule has 2 atom stereocenters. The maximum absolute atomic E-state index is 12.9. The van der Waals surface area contributed by atoms with Crippen molar-refractivity contribution in [3.63, 3.8) is 0 Å². The van der Waals surface area contributed by atoms with Gasteiger partial charge in [-0.05, 0) is 37.1 Å². The second-order valence-corrected chi connectivity index (χ2v) is 7.27. The van der Waals surface area contributed by atoms with E-state index in [2.05, 4.69) is 25.8 Å². The summed E-state index contributed by atoms with van der Waals surface area (Å²) >= 11 is 0. The van der Waals surface area contributed by atoms with Gasteiger partial charge in [-0.1, -0.05) is 0 Å². The molecule has 1 aliphatic heterocycles. The second-order valence-electron chi connectivity index (χ2n) is 7.27. The molecule has 4 rings (SSSR count). The third kappa shape index (κ3) is 4.22. The molecular weight excluding hydrogens is 415 g/mol. The lowest BCUT2D eigenvalue weighted by atomic mass is 10.00. The van der Waals surface area contributed by atoms with Crippen LogP contribution in [0.3, 0.4) is 0 Å². The number of nitrogens with one attached hydrogen (secondary N) is 2. The number of rotatable bonds is 4. The number of hydrogen-bond acceptors (Lipinski definition) is 7. The minimum Gasteiger partial charge on any atom is -0.507 e. The summed E-state index contributed by atoms with van der Waals surface area (Å²) in [6, 6.07) is 3.66. The number of alkyl halides is 3. The van der Waals surface area contributed by atoms with Crippen LogP contribution < -0.4 is 10.6 Å². The Morgan fingerprint density at radius 1 is 1.16 bits per heavy atom. The molecule has 1 fully saturated rings. The lowest BCUT2D eigenvalue weighted by Gasteiger charge is -2.28. The molecule has 0 saturated carbocycles. The van der Waals surface area contributed by atoms with E-state index in [9.17, 15) is 23.1 Å². The number of aromatic hydroxyl groups is 1. The highest BCUT2D eigenvalue weighted by atomic mass is 19.4. The molecule has 11 heteroatoms. The quantitative estimate of drug-likeness (QED) is 0.496. The Balaban J connectivity index is 1.66. The molecule has 8 nitrogen and oxygen atoms in total. The van der Waals surface area contributed by atoms with Crippen LogP contribution in [0.25, 0.3) is 22.0 Å². The van der Waals surface area contributed by atoms with Gasteiger partial charge in [0.15, 0.2) is 5.82 Å². The summed E-state index contributed by atoms with van der Waals surface area (Å²) in [4.78, 5) is 15.2. The average Bonchev–Trinajstić information content (AvgIpc) is 2.74. The summed E-state index contributed by atoms with van der Waals surface area (Å²) in [5.41, 5.74) is -0.621. The maximum Gasteiger partial charge on any atom is 0.416 e. The van der Waals surface area contributed by atoms with Crippen molar-refractivity contribution in [2.45, 2.75) is 31.1 Å². The lowest BCUT2D eigenvalue weighted by molar-refractivity contribution is -0.140. The van der Waals surface area contributed by atoms with Crippen LogP contribution in [0.5, 0.6) is 5.75 Å². The molecule has 0 radical (unpaired) electrons. The van der Waals surface area contributed by atoms with Crippen molar-refractivity contribution in [3.05, 3.63) is 42.2 Å². The van der Waals surface area contributed by atoms with Crippen molar-refractivity contribution in [1.82, 2.24) is 20.5 Å². The van der Waals surface area contributed by atoms with Crippen molar-refractivity contribution in [1.29, 1.82) is 0 Å². The first-order valence-electron chi connectivity index (χ1n) is 9.47. The van der Waals surface area contributed by atoms with Crippen molar-refractivity contribution >= 4 is 22.6 Å². The third-order valence-corrected chi connectivity index (χ3v) is 5.21. The minimum absolute atomic E-state index is 0.0846. The van der Waals surface area contributed by atoms with E-state index in [1.54, 1.807) is 12.3 Å². The number of phenols is 1. The number of anilines is 1. The van der Waals surface area contributed by atoms with Gasteiger partial charge in [0.2, 0.25) is 0 Å². The molecule has 4 N–H and O–H groups in total. The topological polar surface area (TPSA) is 120 Å². The van der Waals surface area contributed by atoms with Gasteiger partial charge in [-0.25, -0.2) is 0 Å². The number of halogens is 3. The Morgan fingerprint density at radius 2 is 1.97 bits per heavy atom. The number of carboxylic acid groups (broad SMARTS) is 1. The molecule has 1 aromatic carbocycles. The monoisotopic (exact) mass is 433 g/mol. The van der Waals surface area contributed by atoms with Gasteiger partial charge < -0.3 is 20.8 Å². The Morgan fingerprint density at radius 3 is 2.61 bits per heavy atom. The predicted molar refractivity (Wildman–Crippen MR) is 106 cm³/mol. The molecule has 1 aliphatic rings. The van der Waals surface area contributed by atoms with E-state index in [1.165, 1.54) is 6.20 Å². The normalized spacial score (nSPS) is 19.3. The van der Waals surface area contributed by atoms with Crippen LogP contribution in [0.1, 0.15) is 18.4 Å². The van der Waals surface area contributed by atoms with Gasteiger partial charge in [-0.15, -0.1) is 10.2 Å². The van der Waals surface area contributed by atoms with Gasteiger partial charge in [-0.3, -0.25) is 9.78 Å². The summed E-state index contributed by atoms with van der Waals surface area (Å²) in [6.45, 7) is 0.418. The Bertz CT molecular complexity index is 1130. The number of aliphatic carboxylic acids is 1. The number of phenolic OH excluding ortho intramolecular Hbond substituents is 1. The Hall–Kier alpha value is -3.47. The van der Waals surface area contributed by atoms with Crippen LogP contribution in [0, 0.1) is 0 Å². The molecule has 2 aromatic heterocycles. The molecule has 0 amide bonds. The van der Waals surface area contributed by atoms with Crippen LogP contribution >= 0.6 is 0 Å². The van der Waals surface area contributed by atoms with E-state index in [0.29, 0.717) is 42.0 Å². The van der Waals surface area contributed by atoms with Gasteiger partial charge in [-0.2, -0.15) is 13.2 Å². The first-order valence-corrected chi connectivity index (χ1v) is 9.47. The molecular formula is C20H18F3N5O3. The zero-order valence-electron chi connectivity index (χ0n) is 16.0. The number of carboxylic acids is 1. The zero-order valence-corrected chi connectivity index (χ0v) is 16.0. The summed E-state index contributed by atoms with van der Waals surface area (Å²) < 4.78 is 38.7. The summed E-state index contributed by atoms with van der Waals surface area (Å²) in [7, 11) is 0. The highest BCUT2D eigenvalue weighted by Gasteiger charge is 2.31. The number of fused-ring (bicyclic) bond motifs is 1. The maximum atomic E-state index is 12.9. The van der Waals surface area contributed by atoms with Crippen LogP contribution in [0.4, 0.5) is 19.0 Å². The average molecular weight is 433 g/mol. The molecule has 0 bridgehead atoms. The second kappa shape index (κ2) is 7.99. The third-order valence-electron chi connectivity index (χ3n) is 5.21. The fraction of sp³-hybridized carbons (Fsp3) is 0.300. The van der Waals surface area contributed by atoms with Gasteiger partial charge in [0, 0.05) is 41.3 Å². The standard InChI is InChI=1S/C20H18F3N5O3/c21-20(22,23)10-1-3-13(16(29)7-10)17-12-5-6-24-9-14(12)18(28-27-17)26-11-2-4-15(19(30)31)25-8-11/h1,3,5-7,9,11,15,25,29H,2,4,8H2,(H,26,28)(H,30,31)/t11?,15-/m1/s1. The van der Waals surface area contributed by atoms with E-state index in [0.717, 1.165) is 12.1 Å². The SMILES string of the molecule is O=C(O)[C@H]1CCC(Nc2nnc(-c3ccc(C(F)(F)F)cc3O)c3ccncc23)CN1. The fourth-order valence-corrected chi connectivity index (χ4v) is 3.60. The number of hydrogen-bond donors (Lipinski definition) is 4. The molecule has 0 aliphatic carbocycles. The summed E-state index contributed by atoms with van der Waals surface area (Å²) in [5, 5.41) is 34.9. The number of piperidine rings is 1. The van der Waals surface area contributed by atoms with E-state index < -0.39 is 29.5 Å². The number of pyridine rings is 1. The van der Waals surface area contributed by atoms with Crippen molar-refractivity contribution in [2.24, 2.45) is 0 Å². The van der Waals surface area contributed by atoms with Gasteiger partial charge in [0.1, 0.15) is 17.5 Å². The molecule has 3 heterocycles. The number of aromatic nitrogens is 3. The minimum atomic E-state index is -4.57. The van der Waals surface area contributed by atoms with Crippen molar-refractivity contribution in [3.8, 4) is 17.0 Å². The number of nitrogens with zero attached hydrogens (tertiary/aromatic N) is 3. The zero-order chi connectivity index (χ0) is 22.2. The molecule has 1 unspecified atom stereocenters. The molecule has 0 spiro atoms. The smallest absolute Gasteiger partial charge is 0.416 e. The van der Waals surface area contributed by atoms with Crippen LogP contribution in [0.2, 0.25) is 0 Å². The molecule has 3 aromatic rings. The predicted octanol–water partition coefficient (Wildman–Crippen LogP) is 3.03. The van der Waals surface area contributed by atoms with E-state index in [4.69, 9.17) is 5.11 Å². The van der Waals surface area contributed by atoms with Crippen molar-refractivity contribution in [2.75, 3.05) is 11.9 Å². The lowest BCUT2D eigenvalue weighted by Crippen LogP contribution is -2.48. The van der Waals surface area contributed by atoms with Crippen LogP contribution in [-0.2, 0) is 11.0 Å². The number of benzene rings is 1. The molecule has 162 valence electrons. The van der Waals surface area contributed by atoms with Gasteiger partial charge in [0.25, 0.3) is 0 Å². The van der Waals surface area contributed by atoms with E-state index >= 15 is 0 Å². The van der Waals surface area contributed by atoms with Gasteiger partial charge >= 0.3 is 12.1 Å². The highest BCUT2D eigenvalue weighted by Crippen LogP contribution is 2.38. The molecule has 31 heavy (non-hydrogen) atoms. The first-order chi connectivity index (χ1) is 14.7. The Labute approximate surface area is 174 Å². The van der Waals surface area contributed by atoms with Crippen LogP contribution in [-0.4, -0.2) is 50.0 Å².